The summed E-state index contributed by atoms with van der Waals surface area (Å²) >= 11 is 0. The lowest BCUT2D eigenvalue weighted by Crippen LogP contribution is -2.38. The molecule has 0 radical (unpaired) electrons. The fourth-order valence-electron chi connectivity index (χ4n) is 3.08. The van der Waals surface area contributed by atoms with E-state index in [1.54, 1.807) is 16.8 Å². The molecule has 1 aromatic carbocycles. The number of amides is 1. The Morgan fingerprint density at radius 2 is 1.93 bits per heavy atom. The van der Waals surface area contributed by atoms with E-state index in [1.807, 2.05) is 30.3 Å². The highest BCUT2D eigenvalue weighted by Gasteiger charge is 2.30. The largest absolute Gasteiger partial charge is 0.347 e. The molecular formula is C19H19N5O3S. The summed E-state index contributed by atoms with van der Waals surface area (Å²) in [6.45, 7) is 1.25. The van der Waals surface area contributed by atoms with E-state index in [1.165, 1.54) is 22.8 Å². The minimum atomic E-state index is -3.63. The molecule has 9 heteroatoms. The molecule has 1 aliphatic rings. The molecule has 4 rings (SSSR count). The molecule has 0 spiro atoms. The zero-order valence-corrected chi connectivity index (χ0v) is 15.8. The second-order valence-corrected chi connectivity index (χ2v) is 8.38. The molecule has 0 fully saturated rings. The van der Waals surface area contributed by atoms with Crippen molar-refractivity contribution >= 4 is 15.9 Å². The zero-order valence-electron chi connectivity index (χ0n) is 15.0. The predicted octanol–water partition coefficient (Wildman–Crippen LogP) is 1.41. The number of rotatable bonds is 5. The van der Waals surface area contributed by atoms with Crippen LogP contribution in [0.2, 0.25) is 0 Å². The second kappa shape index (κ2) is 7.53. The normalized spacial score (nSPS) is 14.4. The monoisotopic (exact) mass is 397 g/mol. The van der Waals surface area contributed by atoms with Crippen LogP contribution in [0.5, 0.6) is 0 Å². The molecule has 0 saturated heterocycles. The van der Waals surface area contributed by atoms with E-state index in [9.17, 15) is 13.2 Å². The Bertz CT molecular complexity index is 1080. The number of nitrogens with one attached hydrogen (secondary N) is 1. The molecule has 1 aliphatic heterocycles. The maximum Gasteiger partial charge on any atom is 0.272 e. The third-order valence-electron chi connectivity index (χ3n) is 4.56. The van der Waals surface area contributed by atoms with Crippen molar-refractivity contribution in [2.45, 2.75) is 24.5 Å². The maximum atomic E-state index is 12.8. The van der Waals surface area contributed by atoms with Gasteiger partial charge in [0.1, 0.15) is 4.90 Å². The minimum Gasteiger partial charge on any atom is -0.347 e. The highest BCUT2D eigenvalue weighted by molar-refractivity contribution is 7.89. The van der Waals surface area contributed by atoms with E-state index >= 15 is 0 Å². The van der Waals surface area contributed by atoms with E-state index in [2.05, 4.69) is 15.4 Å². The van der Waals surface area contributed by atoms with Crippen LogP contribution >= 0.6 is 0 Å². The highest BCUT2D eigenvalue weighted by atomic mass is 32.2. The van der Waals surface area contributed by atoms with Gasteiger partial charge in [-0.3, -0.25) is 14.5 Å². The van der Waals surface area contributed by atoms with Crippen LogP contribution in [0, 0.1) is 0 Å². The van der Waals surface area contributed by atoms with Gasteiger partial charge in [-0.15, -0.1) is 0 Å². The summed E-state index contributed by atoms with van der Waals surface area (Å²) in [4.78, 5) is 16.5. The predicted molar refractivity (Wildman–Crippen MR) is 102 cm³/mol. The number of hydrogen-bond donors (Lipinski definition) is 1. The summed E-state index contributed by atoms with van der Waals surface area (Å²) < 4.78 is 28.6. The third-order valence-corrected chi connectivity index (χ3v) is 6.39. The van der Waals surface area contributed by atoms with Gasteiger partial charge in [0.2, 0.25) is 10.0 Å². The number of carbonyl (C=O) groups excluding carboxylic acids is 1. The van der Waals surface area contributed by atoms with Crippen LogP contribution in [0.15, 0.2) is 65.8 Å². The number of pyridine rings is 1. The van der Waals surface area contributed by atoms with Gasteiger partial charge in [0.05, 0.1) is 18.8 Å². The molecule has 0 aliphatic carbocycles. The fraction of sp³-hybridized carbons (Fsp3) is 0.211. The summed E-state index contributed by atoms with van der Waals surface area (Å²) in [5, 5.41) is 7.16. The standard InChI is InChI=1S/C19H19N5O3S/c25-19(21-12-15-5-2-1-3-6-15)18-11-16-14-23(9-10-24(16)22-18)28(26,27)17-7-4-8-20-13-17/h1-8,11,13H,9-10,12,14H2,(H,21,25). The summed E-state index contributed by atoms with van der Waals surface area (Å²) in [6, 6.07) is 14.4. The van der Waals surface area contributed by atoms with Gasteiger partial charge in [-0.05, 0) is 23.8 Å². The molecule has 0 unspecified atom stereocenters. The zero-order chi connectivity index (χ0) is 19.6. The van der Waals surface area contributed by atoms with Gasteiger partial charge < -0.3 is 5.32 Å². The Morgan fingerprint density at radius 3 is 2.68 bits per heavy atom. The number of sulfonamides is 1. The second-order valence-electron chi connectivity index (χ2n) is 6.44. The number of nitrogens with zero attached hydrogens (tertiary/aromatic N) is 4. The van der Waals surface area contributed by atoms with Crippen molar-refractivity contribution in [1.29, 1.82) is 0 Å². The summed E-state index contributed by atoms with van der Waals surface area (Å²) in [7, 11) is -3.63. The molecule has 0 atom stereocenters. The fourth-order valence-corrected chi connectivity index (χ4v) is 4.44. The Balaban J connectivity index is 1.47. The summed E-state index contributed by atoms with van der Waals surface area (Å²) in [5.41, 5.74) is 1.96. The molecule has 3 heterocycles. The van der Waals surface area contributed by atoms with Crippen LogP contribution < -0.4 is 5.32 Å². The van der Waals surface area contributed by atoms with Gasteiger partial charge in [-0.1, -0.05) is 30.3 Å². The Labute approximate surface area is 162 Å². The number of hydrogen-bond acceptors (Lipinski definition) is 5. The van der Waals surface area contributed by atoms with Crippen molar-refractivity contribution in [1.82, 2.24) is 24.4 Å². The van der Waals surface area contributed by atoms with Gasteiger partial charge in [-0.2, -0.15) is 9.40 Å². The Kier molecular flexibility index (Phi) is 4.93. The van der Waals surface area contributed by atoms with Crippen molar-refractivity contribution < 1.29 is 13.2 Å². The molecular weight excluding hydrogens is 378 g/mol. The average Bonchev–Trinajstić information content (AvgIpc) is 3.17. The molecule has 144 valence electrons. The smallest absolute Gasteiger partial charge is 0.272 e. The number of benzene rings is 1. The van der Waals surface area contributed by atoms with Gasteiger partial charge >= 0.3 is 0 Å². The van der Waals surface area contributed by atoms with Crippen LogP contribution in [-0.2, 0) is 29.7 Å². The first-order valence-corrected chi connectivity index (χ1v) is 10.3. The van der Waals surface area contributed by atoms with Crippen LogP contribution in [0.1, 0.15) is 21.7 Å². The van der Waals surface area contributed by atoms with Crippen molar-refractivity contribution in [2.24, 2.45) is 0 Å². The number of fused-ring (bicyclic) bond motifs is 1. The van der Waals surface area contributed by atoms with Crippen molar-refractivity contribution in [3.8, 4) is 0 Å². The number of carbonyl (C=O) groups is 1. The van der Waals surface area contributed by atoms with Crippen LogP contribution in [0.25, 0.3) is 0 Å². The van der Waals surface area contributed by atoms with Gasteiger partial charge in [0, 0.05) is 25.5 Å². The molecule has 8 nitrogen and oxygen atoms in total. The lowest BCUT2D eigenvalue weighted by molar-refractivity contribution is 0.0945. The highest BCUT2D eigenvalue weighted by Crippen LogP contribution is 2.21. The lowest BCUT2D eigenvalue weighted by Gasteiger charge is -2.26. The van der Waals surface area contributed by atoms with E-state index < -0.39 is 10.0 Å². The molecule has 0 saturated carbocycles. The van der Waals surface area contributed by atoms with Gasteiger partial charge in [0.15, 0.2) is 5.69 Å². The maximum absolute atomic E-state index is 12.8. The SMILES string of the molecule is O=C(NCc1ccccc1)c1cc2n(n1)CCN(S(=O)(=O)c1cccnc1)C2. The number of aromatic nitrogens is 3. The van der Waals surface area contributed by atoms with Crippen molar-refractivity contribution in [2.75, 3.05) is 6.54 Å². The van der Waals surface area contributed by atoms with Crippen molar-refractivity contribution in [3.63, 3.8) is 0 Å². The van der Waals surface area contributed by atoms with E-state index in [0.717, 1.165) is 5.56 Å². The Hall–Kier alpha value is -3.04. The first-order valence-electron chi connectivity index (χ1n) is 8.83. The summed E-state index contributed by atoms with van der Waals surface area (Å²) in [5.74, 6) is -0.285. The van der Waals surface area contributed by atoms with Gasteiger partial charge in [-0.25, -0.2) is 8.42 Å². The third kappa shape index (κ3) is 3.67. The molecule has 0 bridgehead atoms. The Morgan fingerprint density at radius 1 is 1.11 bits per heavy atom. The van der Waals surface area contributed by atoms with Gasteiger partial charge in [0.25, 0.3) is 5.91 Å². The lowest BCUT2D eigenvalue weighted by atomic mass is 10.2. The minimum absolute atomic E-state index is 0.156. The van der Waals surface area contributed by atoms with E-state index in [-0.39, 0.29) is 29.6 Å². The van der Waals surface area contributed by atoms with Crippen LogP contribution in [0.4, 0.5) is 0 Å². The topological polar surface area (TPSA) is 97.2 Å². The molecule has 2 aromatic heterocycles. The first kappa shape index (κ1) is 18.3. The molecule has 28 heavy (non-hydrogen) atoms. The quantitative estimate of drug-likeness (QED) is 0.702. The first-order chi connectivity index (χ1) is 13.5. The van der Waals surface area contributed by atoms with Crippen LogP contribution in [0.3, 0.4) is 0 Å². The average molecular weight is 397 g/mol. The van der Waals surface area contributed by atoms with Crippen LogP contribution in [-0.4, -0.2) is 39.9 Å². The molecule has 3 aromatic rings. The molecule has 1 N–H and O–H groups in total. The summed E-state index contributed by atoms with van der Waals surface area (Å²) in [6.07, 6.45) is 2.87. The van der Waals surface area contributed by atoms with Crippen molar-refractivity contribution in [3.05, 3.63) is 77.9 Å². The van der Waals surface area contributed by atoms with E-state index in [0.29, 0.717) is 18.8 Å². The van der Waals surface area contributed by atoms with E-state index in [4.69, 9.17) is 0 Å². The molecule has 1 amide bonds.